The van der Waals surface area contributed by atoms with Gasteiger partial charge in [-0.3, -0.25) is 4.79 Å². The lowest BCUT2D eigenvalue weighted by atomic mass is 10.1. The molecule has 0 aliphatic carbocycles. The number of rotatable bonds is 6. The van der Waals surface area contributed by atoms with E-state index in [4.69, 9.17) is 27.9 Å². The van der Waals surface area contributed by atoms with E-state index in [0.717, 1.165) is 10.0 Å². The highest BCUT2D eigenvalue weighted by atomic mass is 79.9. The Balaban J connectivity index is 1.72. The van der Waals surface area contributed by atoms with Gasteiger partial charge in [-0.05, 0) is 70.0 Å². The lowest BCUT2D eigenvalue weighted by molar-refractivity contribution is -0.112. The highest BCUT2D eigenvalue weighted by Gasteiger charge is 2.11. The molecule has 0 heterocycles. The molecule has 0 atom stereocenters. The van der Waals surface area contributed by atoms with Crippen LogP contribution in [0.5, 0.6) is 5.75 Å². The third kappa shape index (κ3) is 6.59. The van der Waals surface area contributed by atoms with Crippen LogP contribution >= 0.6 is 55.1 Å². The molecule has 0 bridgehead atoms. The number of hydrogen-bond acceptors (Lipinski definition) is 3. The van der Waals surface area contributed by atoms with Crippen molar-refractivity contribution in [2.45, 2.75) is 6.61 Å². The zero-order chi connectivity index (χ0) is 22.4. The van der Waals surface area contributed by atoms with Gasteiger partial charge in [0, 0.05) is 25.8 Å². The van der Waals surface area contributed by atoms with E-state index in [1.165, 1.54) is 6.08 Å². The number of amides is 1. The minimum absolute atomic E-state index is 0.0199. The maximum absolute atomic E-state index is 12.5. The summed E-state index contributed by atoms with van der Waals surface area (Å²) < 4.78 is 7.33. The number of carbonyl (C=O) groups is 1. The molecule has 0 aromatic heterocycles. The Morgan fingerprint density at radius 3 is 2.58 bits per heavy atom. The molecule has 156 valence electrons. The quantitative estimate of drug-likeness (QED) is 0.241. The maximum Gasteiger partial charge on any atom is 0.266 e. The van der Waals surface area contributed by atoms with Crippen molar-refractivity contribution < 1.29 is 9.53 Å². The molecule has 31 heavy (non-hydrogen) atoms. The topological polar surface area (TPSA) is 62.1 Å². The monoisotopic (exact) mass is 578 g/mol. The lowest BCUT2D eigenvalue weighted by Gasteiger charge is -2.10. The number of nitrogens with one attached hydrogen (secondary N) is 1. The first-order valence-electron chi connectivity index (χ1n) is 8.90. The van der Waals surface area contributed by atoms with Gasteiger partial charge in [-0.2, -0.15) is 5.26 Å². The molecule has 0 fully saturated rings. The van der Waals surface area contributed by atoms with Crippen LogP contribution in [0.2, 0.25) is 10.0 Å². The predicted octanol–water partition coefficient (Wildman–Crippen LogP) is 7.64. The molecule has 0 saturated heterocycles. The molecule has 0 saturated carbocycles. The van der Waals surface area contributed by atoms with Gasteiger partial charge in [0.05, 0.1) is 4.47 Å². The van der Waals surface area contributed by atoms with Crippen molar-refractivity contribution >= 4 is 72.7 Å². The summed E-state index contributed by atoms with van der Waals surface area (Å²) in [4.78, 5) is 12.5. The van der Waals surface area contributed by atoms with Gasteiger partial charge in [0.2, 0.25) is 0 Å². The molecule has 3 aromatic rings. The molecule has 4 nitrogen and oxygen atoms in total. The van der Waals surface area contributed by atoms with E-state index in [0.29, 0.717) is 31.5 Å². The zero-order valence-corrected chi connectivity index (χ0v) is 20.5. The van der Waals surface area contributed by atoms with E-state index < -0.39 is 5.91 Å². The molecule has 0 unspecified atom stereocenters. The SMILES string of the molecule is N#C/C(=C/c1ccc(OCc2ccc(Cl)cc2Cl)c(Br)c1)C(=O)Nc1cccc(Br)c1. The second-order valence-corrected chi connectivity index (χ2v) is 8.96. The summed E-state index contributed by atoms with van der Waals surface area (Å²) in [5.41, 5.74) is 2.04. The molecule has 3 aromatic carbocycles. The fraction of sp³-hybridized carbons (Fsp3) is 0.0435. The van der Waals surface area contributed by atoms with E-state index >= 15 is 0 Å². The van der Waals surface area contributed by atoms with E-state index in [-0.39, 0.29) is 12.2 Å². The Bertz CT molecular complexity index is 1210. The van der Waals surface area contributed by atoms with Crippen LogP contribution < -0.4 is 10.1 Å². The molecule has 8 heteroatoms. The molecule has 3 rings (SSSR count). The third-order valence-corrected chi connectivity index (χ3v) is 5.81. The maximum atomic E-state index is 12.5. The Morgan fingerprint density at radius 1 is 1.10 bits per heavy atom. The molecular formula is C23H14Br2Cl2N2O2. The summed E-state index contributed by atoms with van der Waals surface area (Å²) in [5.74, 6) is 0.106. The molecule has 1 N–H and O–H groups in total. The number of halogens is 4. The first kappa shape index (κ1) is 23.4. The summed E-state index contributed by atoms with van der Waals surface area (Å²) >= 11 is 18.9. The number of ether oxygens (including phenoxy) is 1. The second-order valence-electron chi connectivity index (χ2n) is 6.35. The van der Waals surface area contributed by atoms with E-state index in [9.17, 15) is 10.1 Å². The average molecular weight is 581 g/mol. The van der Waals surface area contributed by atoms with Crippen molar-refractivity contribution in [3.05, 3.63) is 96.4 Å². The lowest BCUT2D eigenvalue weighted by Crippen LogP contribution is -2.13. The minimum Gasteiger partial charge on any atom is -0.488 e. The average Bonchev–Trinajstić information content (AvgIpc) is 2.72. The Morgan fingerprint density at radius 2 is 1.90 bits per heavy atom. The van der Waals surface area contributed by atoms with Crippen LogP contribution in [0.4, 0.5) is 5.69 Å². The largest absolute Gasteiger partial charge is 0.488 e. The molecular weight excluding hydrogens is 567 g/mol. The molecule has 0 aliphatic rings. The number of nitriles is 1. The third-order valence-electron chi connectivity index (χ3n) is 4.11. The molecule has 0 spiro atoms. The van der Waals surface area contributed by atoms with Gasteiger partial charge < -0.3 is 10.1 Å². The van der Waals surface area contributed by atoms with E-state index in [2.05, 4.69) is 37.2 Å². The summed E-state index contributed by atoms with van der Waals surface area (Å²) in [6.45, 7) is 0.266. The highest BCUT2D eigenvalue weighted by molar-refractivity contribution is 9.10. The van der Waals surface area contributed by atoms with Crippen molar-refractivity contribution in [3.63, 3.8) is 0 Å². The van der Waals surface area contributed by atoms with Crippen molar-refractivity contribution in [1.82, 2.24) is 0 Å². The Labute approximate surface area is 206 Å². The predicted molar refractivity (Wildman–Crippen MR) is 131 cm³/mol. The summed E-state index contributed by atoms with van der Waals surface area (Å²) in [6, 6.07) is 19.6. The summed E-state index contributed by atoms with van der Waals surface area (Å²) in [6.07, 6.45) is 1.51. The molecule has 0 radical (unpaired) electrons. The Kier molecular flexibility index (Phi) is 8.16. The number of carbonyl (C=O) groups excluding carboxylic acids is 1. The van der Waals surface area contributed by atoms with Gasteiger partial charge in [-0.25, -0.2) is 0 Å². The molecule has 0 aliphatic heterocycles. The first-order chi connectivity index (χ1) is 14.9. The highest BCUT2D eigenvalue weighted by Crippen LogP contribution is 2.29. The smallest absolute Gasteiger partial charge is 0.266 e. The first-order valence-corrected chi connectivity index (χ1v) is 11.2. The summed E-state index contributed by atoms with van der Waals surface area (Å²) in [7, 11) is 0. The van der Waals surface area contributed by atoms with Crippen LogP contribution in [0.25, 0.3) is 6.08 Å². The van der Waals surface area contributed by atoms with Crippen LogP contribution in [0.15, 0.2) is 75.2 Å². The fourth-order valence-corrected chi connectivity index (χ4v) is 3.97. The van der Waals surface area contributed by atoms with Crippen LogP contribution in [0.1, 0.15) is 11.1 Å². The number of anilines is 1. The number of benzene rings is 3. The van der Waals surface area contributed by atoms with Crippen molar-refractivity contribution in [2.75, 3.05) is 5.32 Å². The molecule has 1 amide bonds. The van der Waals surface area contributed by atoms with Crippen molar-refractivity contribution in [3.8, 4) is 11.8 Å². The van der Waals surface area contributed by atoms with Gasteiger partial charge in [-0.1, -0.05) is 57.3 Å². The summed E-state index contributed by atoms with van der Waals surface area (Å²) in [5, 5.41) is 13.2. The number of nitrogens with zero attached hydrogens (tertiary/aromatic N) is 1. The number of hydrogen-bond donors (Lipinski definition) is 1. The van der Waals surface area contributed by atoms with Gasteiger partial charge >= 0.3 is 0 Å². The van der Waals surface area contributed by atoms with E-state index in [1.54, 1.807) is 54.6 Å². The van der Waals surface area contributed by atoms with Gasteiger partial charge in [0.1, 0.15) is 24.0 Å². The van der Waals surface area contributed by atoms with Crippen LogP contribution in [-0.2, 0) is 11.4 Å². The fourth-order valence-electron chi connectivity index (χ4n) is 2.60. The van der Waals surface area contributed by atoms with Gasteiger partial charge in [0.25, 0.3) is 5.91 Å². The van der Waals surface area contributed by atoms with Gasteiger partial charge in [-0.15, -0.1) is 0 Å². The van der Waals surface area contributed by atoms with Gasteiger partial charge in [0.15, 0.2) is 0 Å². The van der Waals surface area contributed by atoms with Crippen LogP contribution in [0, 0.1) is 11.3 Å². The normalized spacial score (nSPS) is 11.0. The van der Waals surface area contributed by atoms with E-state index in [1.807, 2.05) is 12.1 Å². The standard InChI is InChI=1S/C23H14Br2Cl2N2O2/c24-17-2-1-3-19(10-17)29-23(30)16(12-28)8-14-4-7-22(20(25)9-14)31-13-15-5-6-18(26)11-21(15)27/h1-11H,13H2,(H,29,30)/b16-8-. The minimum atomic E-state index is -0.491. The van der Waals surface area contributed by atoms with Crippen molar-refractivity contribution in [1.29, 1.82) is 5.26 Å². The van der Waals surface area contributed by atoms with Crippen LogP contribution in [0.3, 0.4) is 0 Å². The zero-order valence-electron chi connectivity index (χ0n) is 15.8. The Hall–Kier alpha value is -2.30. The second kappa shape index (κ2) is 10.8. The van der Waals surface area contributed by atoms with Crippen LogP contribution in [-0.4, -0.2) is 5.91 Å². The van der Waals surface area contributed by atoms with Crippen molar-refractivity contribution in [2.24, 2.45) is 0 Å².